The van der Waals surface area contributed by atoms with Gasteiger partial charge >= 0.3 is 0 Å². The van der Waals surface area contributed by atoms with E-state index in [1.54, 1.807) is 0 Å². The normalized spacial score (nSPS) is 31.6. The summed E-state index contributed by atoms with van der Waals surface area (Å²) in [6, 6.07) is 0. The third kappa shape index (κ3) is 1.16. The predicted octanol–water partition coefficient (Wildman–Crippen LogP) is 0.499. The van der Waals surface area contributed by atoms with Crippen LogP contribution in [0.4, 0.5) is 0 Å². The van der Waals surface area contributed by atoms with Gasteiger partial charge in [0, 0.05) is 5.92 Å². The molecule has 0 heterocycles. The molecule has 0 aromatic heterocycles. The van der Waals surface area contributed by atoms with Crippen LogP contribution in [-0.4, -0.2) is 5.91 Å². The molecule has 12 heavy (non-hydrogen) atoms. The second kappa shape index (κ2) is 2.75. The first-order chi connectivity index (χ1) is 5.83. The lowest BCUT2D eigenvalue weighted by molar-refractivity contribution is -0.122. The molecular formula is C9H12N2O. The summed E-state index contributed by atoms with van der Waals surface area (Å²) in [7, 11) is 0. The van der Waals surface area contributed by atoms with Gasteiger partial charge in [-0.1, -0.05) is 18.2 Å². The number of hydrogen-bond donors (Lipinski definition) is 2. The maximum absolute atomic E-state index is 11.1. The van der Waals surface area contributed by atoms with E-state index in [-0.39, 0.29) is 11.8 Å². The molecule has 0 aliphatic heterocycles. The van der Waals surface area contributed by atoms with Gasteiger partial charge in [-0.05, 0) is 24.3 Å². The summed E-state index contributed by atoms with van der Waals surface area (Å²) in [6.45, 7) is 0. The van der Waals surface area contributed by atoms with E-state index in [1.165, 1.54) is 5.57 Å². The number of carbonyl (C=O) groups excluding carboxylic acids is 1. The molecule has 1 saturated carbocycles. The van der Waals surface area contributed by atoms with Crippen molar-refractivity contribution in [3.05, 3.63) is 23.8 Å². The topological polar surface area (TPSA) is 55.1 Å². The van der Waals surface area contributed by atoms with Crippen LogP contribution in [0.2, 0.25) is 0 Å². The highest BCUT2D eigenvalue weighted by Gasteiger charge is 2.44. The van der Waals surface area contributed by atoms with Crippen molar-refractivity contribution in [1.82, 2.24) is 5.43 Å². The fourth-order valence-corrected chi connectivity index (χ4v) is 1.71. The minimum absolute atomic E-state index is 0.0267. The summed E-state index contributed by atoms with van der Waals surface area (Å²) < 4.78 is 0. The van der Waals surface area contributed by atoms with Crippen molar-refractivity contribution in [3.8, 4) is 0 Å². The lowest BCUT2D eigenvalue weighted by Gasteiger charge is -1.97. The van der Waals surface area contributed by atoms with Gasteiger partial charge in [-0.25, -0.2) is 5.84 Å². The maximum Gasteiger partial charge on any atom is 0.237 e. The Bertz CT molecular complexity index is 268. The van der Waals surface area contributed by atoms with E-state index in [9.17, 15) is 4.79 Å². The molecule has 0 bridgehead atoms. The van der Waals surface area contributed by atoms with Crippen LogP contribution in [0.15, 0.2) is 23.8 Å². The quantitative estimate of drug-likeness (QED) is 0.355. The monoisotopic (exact) mass is 164 g/mol. The molecule has 0 radical (unpaired) electrons. The molecule has 3 heteroatoms. The van der Waals surface area contributed by atoms with E-state index < -0.39 is 0 Å². The van der Waals surface area contributed by atoms with E-state index in [2.05, 4.69) is 23.7 Å². The average Bonchev–Trinajstić information content (AvgIpc) is 2.71. The first kappa shape index (κ1) is 7.55. The Balaban J connectivity index is 1.95. The van der Waals surface area contributed by atoms with E-state index in [1.807, 2.05) is 0 Å². The SMILES string of the molecule is NNC(=O)[C@@H]1C[C@@H]1C1=CCC=C1. The number of allylic oxidation sites excluding steroid dienone is 4. The molecule has 0 unspecified atom stereocenters. The van der Waals surface area contributed by atoms with Crippen LogP contribution in [0, 0.1) is 11.8 Å². The highest BCUT2D eigenvalue weighted by Crippen LogP contribution is 2.45. The molecule has 64 valence electrons. The molecule has 3 nitrogen and oxygen atoms in total. The summed E-state index contributed by atoms with van der Waals surface area (Å²) >= 11 is 0. The molecule has 2 aliphatic carbocycles. The van der Waals surface area contributed by atoms with Crippen LogP contribution in [-0.2, 0) is 4.79 Å². The number of amides is 1. The van der Waals surface area contributed by atoms with Gasteiger partial charge in [0.15, 0.2) is 0 Å². The third-order valence-corrected chi connectivity index (χ3v) is 2.50. The minimum Gasteiger partial charge on any atom is -0.294 e. The van der Waals surface area contributed by atoms with Crippen LogP contribution >= 0.6 is 0 Å². The Morgan fingerprint density at radius 2 is 2.50 bits per heavy atom. The molecule has 0 aromatic carbocycles. The van der Waals surface area contributed by atoms with Crippen molar-refractivity contribution in [2.45, 2.75) is 12.8 Å². The Morgan fingerprint density at radius 3 is 3.08 bits per heavy atom. The number of nitrogens with one attached hydrogen (secondary N) is 1. The Labute approximate surface area is 71.3 Å². The van der Waals surface area contributed by atoms with Crippen LogP contribution in [0.1, 0.15) is 12.8 Å². The molecule has 2 aliphatic rings. The molecular weight excluding hydrogens is 152 g/mol. The maximum atomic E-state index is 11.1. The summed E-state index contributed by atoms with van der Waals surface area (Å²) in [4.78, 5) is 11.1. The molecule has 0 spiro atoms. The van der Waals surface area contributed by atoms with Gasteiger partial charge in [-0.15, -0.1) is 0 Å². The zero-order chi connectivity index (χ0) is 8.55. The third-order valence-electron chi connectivity index (χ3n) is 2.50. The molecule has 1 amide bonds. The van der Waals surface area contributed by atoms with Crippen molar-refractivity contribution in [2.24, 2.45) is 17.7 Å². The zero-order valence-electron chi connectivity index (χ0n) is 6.79. The largest absolute Gasteiger partial charge is 0.294 e. The molecule has 2 atom stereocenters. The van der Waals surface area contributed by atoms with Crippen molar-refractivity contribution in [2.75, 3.05) is 0 Å². The van der Waals surface area contributed by atoms with Crippen LogP contribution in [0.5, 0.6) is 0 Å². The van der Waals surface area contributed by atoms with Crippen molar-refractivity contribution in [1.29, 1.82) is 0 Å². The average molecular weight is 164 g/mol. The first-order valence-corrected chi connectivity index (χ1v) is 4.20. The van der Waals surface area contributed by atoms with Gasteiger partial charge in [0.25, 0.3) is 0 Å². The van der Waals surface area contributed by atoms with Gasteiger partial charge in [0.2, 0.25) is 5.91 Å². The van der Waals surface area contributed by atoms with Gasteiger partial charge < -0.3 is 0 Å². The number of nitrogens with two attached hydrogens (primary N) is 1. The fraction of sp³-hybridized carbons (Fsp3) is 0.444. The Kier molecular flexibility index (Phi) is 1.73. The van der Waals surface area contributed by atoms with E-state index in [0.717, 1.165) is 12.8 Å². The van der Waals surface area contributed by atoms with Crippen LogP contribution in [0.25, 0.3) is 0 Å². The minimum atomic E-state index is -0.0267. The van der Waals surface area contributed by atoms with Crippen molar-refractivity contribution < 1.29 is 4.79 Å². The second-order valence-electron chi connectivity index (χ2n) is 3.30. The number of carbonyl (C=O) groups is 1. The van der Waals surface area contributed by atoms with Crippen molar-refractivity contribution >= 4 is 5.91 Å². The fourth-order valence-electron chi connectivity index (χ4n) is 1.71. The van der Waals surface area contributed by atoms with Gasteiger partial charge in [-0.2, -0.15) is 0 Å². The molecule has 0 aromatic rings. The standard InChI is InChI=1S/C9H12N2O/c10-11-9(12)8-5-7(8)6-3-1-2-4-6/h1,3-4,7-8H,2,5,10H2,(H,11,12)/t7-,8-/m1/s1. The van der Waals surface area contributed by atoms with Crippen LogP contribution in [0.3, 0.4) is 0 Å². The summed E-state index contributed by atoms with van der Waals surface area (Å²) in [6.07, 6.45) is 8.37. The van der Waals surface area contributed by atoms with E-state index in [4.69, 9.17) is 5.84 Å². The molecule has 1 fully saturated rings. The predicted molar refractivity (Wildman–Crippen MR) is 45.8 cm³/mol. The summed E-state index contributed by atoms with van der Waals surface area (Å²) in [5, 5.41) is 0. The van der Waals surface area contributed by atoms with Crippen molar-refractivity contribution in [3.63, 3.8) is 0 Å². The summed E-state index contributed by atoms with van der Waals surface area (Å²) in [5.74, 6) is 5.58. The van der Waals surface area contributed by atoms with Crippen LogP contribution < -0.4 is 11.3 Å². The number of hydrogen-bond acceptors (Lipinski definition) is 2. The lowest BCUT2D eigenvalue weighted by Crippen LogP contribution is -2.31. The highest BCUT2D eigenvalue weighted by atomic mass is 16.2. The molecule has 2 rings (SSSR count). The number of rotatable bonds is 2. The number of hydrazine groups is 1. The zero-order valence-corrected chi connectivity index (χ0v) is 6.79. The van der Waals surface area contributed by atoms with Gasteiger partial charge in [0.1, 0.15) is 0 Å². The Hall–Kier alpha value is -1.09. The smallest absolute Gasteiger partial charge is 0.237 e. The second-order valence-corrected chi connectivity index (χ2v) is 3.30. The molecule has 0 saturated heterocycles. The highest BCUT2D eigenvalue weighted by molar-refractivity contribution is 5.81. The lowest BCUT2D eigenvalue weighted by atomic mass is 10.1. The molecule has 3 N–H and O–H groups in total. The van der Waals surface area contributed by atoms with Gasteiger partial charge in [-0.3, -0.25) is 10.2 Å². The van der Waals surface area contributed by atoms with Gasteiger partial charge in [0.05, 0.1) is 0 Å². The first-order valence-electron chi connectivity index (χ1n) is 4.20. The van der Waals surface area contributed by atoms with E-state index in [0.29, 0.717) is 5.92 Å². The van der Waals surface area contributed by atoms with E-state index >= 15 is 0 Å². The Morgan fingerprint density at radius 1 is 1.67 bits per heavy atom. The summed E-state index contributed by atoms with van der Waals surface area (Å²) in [5.41, 5.74) is 3.50.